The molecule has 2 atom stereocenters. The van der Waals surface area contributed by atoms with Gasteiger partial charge in [0.15, 0.2) is 20.4 Å². The second-order valence-corrected chi connectivity index (χ2v) is 10.9. The quantitative estimate of drug-likeness (QED) is 0.731. The zero-order chi connectivity index (χ0) is 13.3. The SMILES string of the molecule is C[C@@H]1OCC(=O)[C@H](CO[Si](C)(C)C(C)(C)C)O1. The van der Waals surface area contributed by atoms with Crippen LogP contribution in [0.15, 0.2) is 0 Å². The van der Waals surface area contributed by atoms with Crippen molar-refractivity contribution in [3.63, 3.8) is 0 Å². The van der Waals surface area contributed by atoms with E-state index in [1.165, 1.54) is 0 Å². The average Bonchev–Trinajstić information content (AvgIpc) is 2.18. The van der Waals surface area contributed by atoms with E-state index in [9.17, 15) is 4.79 Å². The van der Waals surface area contributed by atoms with Gasteiger partial charge in [0, 0.05) is 0 Å². The second kappa shape index (κ2) is 5.18. The Bertz CT molecular complexity index is 283. The smallest absolute Gasteiger partial charge is 0.192 e. The first kappa shape index (κ1) is 14.8. The zero-order valence-corrected chi connectivity index (χ0v) is 12.7. The molecule has 1 heterocycles. The van der Waals surface area contributed by atoms with Gasteiger partial charge < -0.3 is 13.9 Å². The van der Waals surface area contributed by atoms with Crippen LogP contribution in [-0.2, 0) is 18.7 Å². The molecule has 1 aliphatic rings. The number of hydrogen-bond donors (Lipinski definition) is 0. The normalized spacial score (nSPS) is 27.3. The lowest BCUT2D eigenvalue weighted by molar-refractivity contribution is -0.206. The lowest BCUT2D eigenvalue weighted by Gasteiger charge is -2.37. The number of rotatable bonds is 3. The summed E-state index contributed by atoms with van der Waals surface area (Å²) in [6.45, 7) is 13.1. The number of carbonyl (C=O) groups is 1. The van der Waals surface area contributed by atoms with E-state index in [-0.39, 0.29) is 23.7 Å². The molecule has 0 aliphatic carbocycles. The monoisotopic (exact) mass is 260 g/mol. The summed E-state index contributed by atoms with van der Waals surface area (Å²) in [5.74, 6) is -0.0261. The van der Waals surface area contributed by atoms with Gasteiger partial charge in [-0.25, -0.2) is 0 Å². The van der Waals surface area contributed by atoms with Crippen LogP contribution in [0.5, 0.6) is 0 Å². The summed E-state index contributed by atoms with van der Waals surface area (Å²) in [5.41, 5.74) is 0. The topological polar surface area (TPSA) is 44.8 Å². The van der Waals surface area contributed by atoms with E-state index in [1.807, 2.05) is 0 Å². The lowest BCUT2D eigenvalue weighted by Crippen LogP contribution is -2.47. The van der Waals surface area contributed by atoms with E-state index < -0.39 is 14.4 Å². The van der Waals surface area contributed by atoms with Crippen molar-refractivity contribution in [3.8, 4) is 0 Å². The van der Waals surface area contributed by atoms with Crippen LogP contribution in [-0.4, -0.2) is 39.7 Å². The molecule has 0 spiro atoms. The molecule has 0 aromatic rings. The van der Waals surface area contributed by atoms with E-state index in [1.54, 1.807) is 6.92 Å². The first-order chi connectivity index (χ1) is 7.63. The van der Waals surface area contributed by atoms with Crippen LogP contribution in [0.2, 0.25) is 18.1 Å². The van der Waals surface area contributed by atoms with Crippen LogP contribution in [0.25, 0.3) is 0 Å². The summed E-state index contributed by atoms with van der Waals surface area (Å²) in [5, 5.41) is 0.146. The third-order valence-electron chi connectivity index (χ3n) is 3.58. The standard InChI is InChI=1S/C12H24O4Si/c1-9-14-7-10(13)11(16-9)8-15-17(5,6)12(2,3)4/h9,11H,7-8H2,1-6H3/t9-,11+/m1/s1. The van der Waals surface area contributed by atoms with Crippen molar-refractivity contribution in [1.29, 1.82) is 0 Å². The van der Waals surface area contributed by atoms with E-state index >= 15 is 0 Å². The Hall–Kier alpha value is -0.233. The van der Waals surface area contributed by atoms with E-state index in [2.05, 4.69) is 33.9 Å². The summed E-state index contributed by atoms with van der Waals surface area (Å²) in [6.07, 6.45) is -0.784. The summed E-state index contributed by atoms with van der Waals surface area (Å²) >= 11 is 0. The number of ketones is 1. The highest BCUT2D eigenvalue weighted by Gasteiger charge is 2.39. The predicted molar refractivity (Wildman–Crippen MR) is 68.4 cm³/mol. The van der Waals surface area contributed by atoms with Crippen LogP contribution in [0.3, 0.4) is 0 Å². The number of carbonyl (C=O) groups excluding carboxylic acids is 1. The highest BCUT2D eigenvalue weighted by molar-refractivity contribution is 6.74. The van der Waals surface area contributed by atoms with E-state index in [0.717, 1.165) is 0 Å². The van der Waals surface area contributed by atoms with Gasteiger partial charge in [-0.1, -0.05) is 20.8 Å². The highest BCUT2D eigenvalue weighted by atomic mass is 28.4. The van der Waals surface area contributed by atoms with Crippen molar-refractivity contribution < 1.29 is 18.7 Å². The van der Waals surface area contributed by atoms with Gasteiger partial charge in [-0.15, -0.1) is 0 Å². The predicted octanol–water partition coefficient (Wildman–Crippen LogP) is 2.34. The van der Waals surface area contributed by atoms with Gasteiger partial charge >= 0.3 is 0 Å². The Morgan fingerprint density at radius 3 is 2.53 bits per heavy atom. The Balaban J connectivity index is 2.52. The Morgan fingerprint density at radius 1 is 1.41 bits per heavy atom. The molecular formula is C12H24O4Si. The molecule has 5 heteroatoms. The summed E-state index contributed by atoms with van der Waals surface area (Å²) in [6, 6.07) is 0. The van der Waals surface area contributed by atoms with Gasteiger partial charge in [-0.05, 0) is 25.1 Å². The minimum atomic E-state index is -1.81. The summed E-state index contributed by atoms with van der Waals surface area (Å²) < 4.78 is 16.5. The third-order valence-corrected chi connectivity index (χ3v) is 8.08. The van der Waals surface area contributed by atoms with Crippen molar-refractivity contribution >= 4 is 14.1 Å². The largest absolute Gasteiger partial charge is 0.414 e. The molecule has 4 nitrogen and oxygen atoms in total. The third kappa shape index (κ3) is 3.88. The number of hydrogen-bond acceptors (Lipinski definition) is 4. The molecule has 0 saturated carbocycles. The molecule has 100 valence electrons. The van der Waals surface area contributed by atoms with Crippen molar-refractivity contribution in [2.75, 3.05) is 13.2 Å². The van der Waals surface area contributed by atoms with Crippen LogP contribution in [0, 0.1) is 0 Å². The molecule has 0 unspecified atom stereocenters. The maximum atomic E-state index is 11.6. The van der Waals surface area contributed by atoms with Crippen molar-refractivity contribution in [1.82, 2.24) is 0 Å². The fourth-order valence-corrected chi connectivity index (χ4v) is 2.27. The number of ether oxygens (including phenoxy) is 2. The molecule has 0 N–H and O–H groups in total. The van der Waals surface area contributed by atoms with Crippen LogP contribution < -0.4 is 0 Å². The van der Waals surface area contributed by atoms with Gasteiger partial charge in [0.1, 0.15) is 12.7 Å². The minimum absolute atomic E-state index is 0.0261. The van der Waals surface area contributed by atoms with Gasteiger partial charge in [0.25, 0.3) is 0 Å². The van der Waals surface area contributed by atoms with Crippen molar-refractivity contribution in [2.24, 2.45) is 0 Å². The molecule has 0 radical (unpaired) electrons. The average molecular weight is 260 g/mol. The summed E-state index contributed by atoms with van der Waals surface area (Å²) in [4.78, 5) is 11.6. The molecule has 0 bridgehead atoms. The number of Topliss-reactive ketones (excluding diaryl/α,β-unsaturated/α-hetero) is 1. The maximum Gasteiger partial charge on any atom is 0.192 e. The van der Waals surface area contributed by atoms with Crippen LogP contribution in [0.4, 0.5) is 0 Å². The van der Waals surface area contributed by atoms with Gasteiger partial charge in [0.2, 0.25) is 0 Å². The second-order valence-electron chi connectivity index (χ2n) is 6.04. The Labute approximate surface area is 105 Å². The maximum absolute atomic E-state index is 11.6. The van der Waals surface area contributed by atoms with Crippen LogP contribution >= 0.6 is 0 Å². The molecule has 1 rings (SSSR count). The van der Waals surface area contributed by atoms with Gasteiger partial charge in [-0.2, -0.15) is 0 Å². The fourth-order valence-electron chi connectivity index (χ4n) is 1.27. The molecule has 1 aliphatic heterocycles. The summed E-state index contributed by atoms with van der Waals surface area (Å²) in [7, 11) is -1.81. The molecule has 17 heavy (non-hydrogen) atoms. The molecule has 0 aromatic carbocycles. The minimum Gasteiger partial charge on any atom is -0.414 e. The Morgan fingerprint density at radius 2 is 2.00 bits per heavy atom. The first-order valence-corrected chi connectivity index (χ1v) is 8.98. The highest BCUT2D eigenvalue weighted by Crippen LogP contribution is 2.36. The molecular weight excluding hydrogens is 236 g/mol. The zero-order valence-electron chi connectivity index (χ0n) is 11.7. The van der Waals surface area contributed by atoms with E-state index in [4.69, 9.17) is 13.9 Å². The molecule has 0 aromatic heterocycles. The molecule has 1 saturated heterocycles. The van der Waals surface area contributed by atoms with Crippen molar-refractivity contribution in [3.05, 3.63) is 0 Å². The fraction of sp³-hybridized carbons (Fsp3) is 0.917. The Kier molecular flexibility index (Phi) is 4.52. The molecule has 1 fully saturated rings. The van der Waals surface area contributed by atoms with Gasteiger partial charge in [-0.3, -0.25) is 4.79 Å². The lowest BCUT2D eigenvalue weighted by atomic mass is 10.2. The molecule has 0 amide bonds. The van der Waals surface area contributed by atoms with E-state index in [0.29, 0.717) is 6.61 Å². The van der Waals surface area contributed by atoms with Gasteiger partial charge in [0.05, 0.1) is 6.61 Å². The van der Waals surface area contributed by atoms with Crippen molar-refractivity contribution in [2.45, 2.75) is 58.2 Å². The van der Waals surface area contributed by atoms with Crippen LogP contribution in [0.1, 0.15) is 27.7 Å². The first-order valence-electron chi connectivity index (χ1n) is 6.07.